The molecular weight excluding hydrogens is 1450 g/mol. The molecule has 1 aliphatic heterocycles. The normalized spacial score (nSPS) is 19.2. The lowest BCUT2D eigenvalue weighted by Gasteiger charge is -2.42. The minimum atomic E-state index is -0.617. The van der Waals surface area contributed by atoms with Crippen LogP contribution in [0.2, 0.25) is 0 Å². The van der Waals surface area contributed by atoms with Crippen molar-refractivity contribution >= 4 is 43.0 Å². The maximum Gasteiger partial charge on any atom is 0.419 e. The molecule has 1 saturated heterocycles. The second-order valence-electron chi connectivity index (χ2n) is 36.3. The van der Waals surface area contributed by atoms with Gasteiger partial charge in [-0.2, -0.15) is 0 Å². The Morgan fingerprint density at radius 3 is 1.05 bits per heavy atom. The highest BCUT2D eigenvalue weighted by Crippen LogP contribution is 2.41. The molecule has 7 aliphatic carbocycles. The molecule has 2 aromatic carbocycles. The van der Waals surface area contributed by atoms with E-state index in [4.69, 9.17) is 33.2 Å². The number of rotatable bonds is 27. The van der Waals surface area contributed by atoms with Gasteiger partial charge < -0.3 is 52.8 Å². The monoisotopic (exact) mass is 1610 g/mol. The standard InChI is InChI=1S/C24H39NO4.C22H33NO2.C20H35NO2.C18H33NO2.C12H21NO4/c1-7-23(8-2,9-3)28-21(26)25(19-18-20-16-14-13-15-17-20)22(27)29-24(10-4,11-5)12-6;1-22(2,18-12-6-3-7-13-18)25-21(24)23(19-14-8-4-9-15-19)20-16-10-5-11-17-20;1-2-20(15-9-10-16-20)23-19(22)21(17-11-5-3-6-12-17)18-13-7-4-8-14-18;1-4-18(2,3)21-17(20)19(15-11-7-5-8-12-15)16-13-9-6-10-14-16;1-4-12(2,3)17-11(15)13-7-5-10(6-8-13)16-9-14/h13-17H,7-12,18-19H2,1-6H3;3,6-7,12-13,19-20H,4-5,8-11,14-17H2,1-2H3;17-18H,2-16H2,1H3;15-16H,4-14H2,1-3H3;9-10H,4-8H2,1-3H3. The first-order valence-corrected chi connectivity index (χ1v) is 46.6. The third-order valence-electron chi connectivity index (χ3n) is 27.5. The zero-order chi connectivity index (χ0) is 83.9. The molecule has 2 aromatic rings. The number of hydrogen-bond acceptors (Lipinski definition) is 14. The highest BCUT2D eigenvalue weighted by atomic mass is 16.6. The lowest BCUT2D eigenvalue weighted by Crippen LogP contribution is -2.51. The molecule has 0 N–H and O–H groups in total. The Kier molecular flexibility index (Phi) is 42.4. The lowest BCUT2D eigenvalue weighted by molar-refractivity contribution is -0.135. The van der Waals surface area contributed by atoms with Crippen LogP contribution in [0.3, 0.4) is 0 Å². The van der Waals surface area contributed by atoms with Gasteiger partial charge in [0.1, 0.15) is 39.7 Å². The summed E-state index contributed by atoms with van der Waals surface area (Å²) in [6, 6.07) is 22.4. The highest BCUT2D eigenvalue weighted by Gasteiger charge is 2.44. The van der Waals surface area contributed by atoms with Crippen molar-refractivity contribution in [1.82, 2.24) is 24.5 Å². The number of amides is 6. The Bertz CT molecular complexity index is 2970. The fraction of sp³-hybridized carbons (Fsp3) is 0.802. The molecule has 0 radical (unpaired) electrons. The number of carbonyl (C=O) groups excluding carboxylic acids is 7. The smallest absolute Gasteiger partial charge is 0.419 e. The van der Waals surface area contributed by atoms with Crippen LogP contribution in [0.5, 0.6) is 0 Å². The van der Waals surface area contributed by atoms with Crippen molar-refractivity contribution in [3.05, 3.63) is 71.8 Å². The topological polar surface area (TPSA) is 200 Å². The predicted octanol–water partition coefficient (Wildman–Crippen LogP) is 25.8. The van der Waals surface area contributed by atoms with Crippen LogP contribution in [0.4, 0.5) is 28.8 Å². The van der Waals surface area contributed by atoms with Crippen LogP contribution in [0.15, 0.2) is 60.7 Å². The van der Waals surface area contributed by atoms with Gasteiger partial charge >= 0.3 is 36.6 Å². The number of ether oxygens (including phenoxy) is 7. The van der Waals surface area contributed by atoms with Crippen molar-refractivity contribution in [1.29, 1.82) is 0 Å². The highest BCUT2D eigenvalue weighted by molar-refractivity contribution is 5.88. The molecule has 0 bridgehead atoms. The van der Waals surface area contributed by atoms with E-state index in [1.165, 1.54) is 154 Å². The van der Waals surface area contributed by atoms with Crippen LogP contribution in [0.25, 0.3) is 0 Å². The van der Waals surface area contributed by atoms with Gasteiger partial charge in [-0.1, -0.05) is 239 Å². The number of carbonyl (C=O) groups is 7. The van der Waals surface area contributed by atoms with Crippen LogP contribution in [0.1, 0.15) is 404 Å². The van der Waals surface area contributed by atoms with Crippen molar-refractivity contribution in [3.8, 4) is 0 Å². The zero-order valence-electron chi connectivity index (χ0n) is 75.0. The summed E-state index contributed by atoms with van der Waals surface area (Å²) in [5.41, 5.74) is -0.529. The van der Waals surface area contributed by atoms with Gasteiger partial charge in [0.25, 0.3) is 6.47 Å². The molecule has 1 heterocycles. The minimum Gasteiger partial charge on any atom is -0.464 e. The fourth-order valence-electron chi connectivity index (χ4n) is 18.4. The van der Waals surface area contributed by atoms with Gasteiger partial charge in [0.05, 0.1) is 0 Å². The maximum atomic E-state index is 13.2. The summed E-state index contributed by atoms with van der Waals surface area (Å²) in [6.45, 7) is 32.0. The summed E-state index contributed by atoms with van der Waals surface area (Å²) in [7, 11) is 0. The first kappa shape index (κ1) is 97.6. The van der Waals surface area contributed by atoms with E-state index in [1.807, 2.05) is 151 Å². The van der Waals surface area contributed by atoms with Crippen molar-refractivity contribution < 1.29 is 66.7 Å². The van der Waals surface area contributed by atoms with Gasteiger partial charge in [-0.15, -0.1) is 0 Å². The molecule has 7 saturated carbocycles. The van der Waals surface area contributed by atoms with Crippen LogP contribution >= 0.6 is 0 Å². The number of hydrogen-bond donors (Lipinski definition) is 0. The minimum absolute atomic E-state index is 0.0209. The Balaban J connectivity index is 0.000000226. The molecule has 19 heteroatoms. The van der Waals surface area contributed by atoms with E-state index in [0.29, 0.717) is 114 Å². The molecular formula is C96H161N5O14. The third kappa shape index (κ3) is 31.4. The predicted molar refractivity (Wildman–Crippen MR) is 461 cm³/mol. The number of likely N-dealkylation sites (tertiary alicyclic amines) is 1. The second-order valence-corrected chi connectivity index (χ2v) is 36.3. The summed E-state index contributed by atoms with van der Waals surface area (Å²) in [6.07, 6.45) is 48.6. The van der Waals surface area contributed by atoms with E-state index in [9.17, 15) is 33.6 Å². The van der Waals surface area contributed by atoms with Crippen LogP contribution in [0, 0.1) is 0 Å². The largest absolute Gasteiger partial charge is 0.464 e. The zero-order valence-corrected chi connectivity index (χ0v) is 75.0. The molecule has 0 aromatic heterocycles. The molecule has 0 unspecified atom stereocenters. The first-order valence-electron chi connectivity index (χ1n) is 46.6. The third-order valence-corrected chi connectivity index (χ3v) is 27.5. The van der Waals surface area contributed by atoms with Gasteiger partial charge in [0.2, 0.25) is 0 Å². The Hall–Kier alpha value is -6.27. The molecule has 0 atom stereocenters. The Labute approximate surface area is 697 Å². The van der Waals surface area contributed by atoms with Gasteiger partial charge in [-0.05, 0) is 220 Å². The molecule has 8 fully saturated rings. The lowest BCUT2D eigenvalue weighted by atomic mass is 9.89. The Morgan fingerprint density at radius 1 is 0.391 bits per heavy atom. The number of benzene rings is 2. The molecule has 10 rings (SSSR count). The van der Waals surface area contributed by atoms with Gasteiger partial charge in [0.15, 0.2) is 0 Å². The number of piperidine rings is 1. The second kappa shape index (κ2) is 50.0. The van der Waals surface area contributed by atoms with Crippen molar-refractivity contribution in [2.24, 2.45) is 0 Å². The molecule has 6 amide bonds. The molecule has 115 heavy (non-hydrogen) atoms. The van der Waals surface area contributed by atoms with E-state index in [2.05, 4.69) is 28.5 Å². The number of nitrogens with zero attached hydrogens (tertiary/aromatic N) is 5. The van der Waals surface area contributed by atoms with Gasteiger partial charge in [0, 0.05) is 68.7 Å². The molecule has 19 nitrogen and oxygen atoms in total. The quantitative estimate of drug-likeness (QED) is 0.0604. The van der Waals surface area contributed by atoms with E-state index < -0.39 is 34.6 Å². The molecule has 0 spiro atoms. The van der Waals surface area contributed by atoms with E-state index in [1.54, 1.807) is 4.90 Å². The van der Waals surface area contributed by atoms with Crippen LogP contribution in [-0.4, -0.2) is 158 Å². The summed E-state index contributed by atoms with van der Waals surface area (Å²) in [4.78, 5) is 96.7. The summed E-state index contributed by atoms with van der Waals surface area (Å²) in [5, 5.41) is 0. The van der Waals surface area contributed by atoms with Crippen molar-refractivity contribution in [2.75, 3.05) is 19.6 Å². The van der Waals surface area contributed by atoms with E-state index >= 15 is 0 Å². The number of imide groups is 1. The summed E-state index contributed by atoms with van der Waals surface area (Å²) >= 11 is 0. The SMILES string of the molecule is CC(C)(OC(=O)N(C1CCCCC1)C1CCCCC1)c1ccccc1.CCC(C)(C)OC(=O)N(C1CCCCC1)C1CCCCC1.CCC(C)(C)OC(=O)N1CCC(OC=O)CC1.CCC(CC)(CC)OC(=O)N(CCc1ccccc1)C(=O)OC(CC)(CC)CC.CCC1(OC(=O)N(C2CCCCC2)C2CCCCC2)CCCC1. The average molecular weight is 1610 g/mol. The maximum absolute atomic E-state index is 13.2. The van der Waals surface area contributed by atoms with E-state index in [-0.39, 0.29) is 48.2 Å². The average Bonchev–Trinajstić information content (AvgIpc) is 1.57. The first-order chi connectivity index (χ1) is 55.2. The van der Waals surface area contributed by atoms with Gasteiger partial charge in [-0.3, -0.25) is 4.79 Å². The summed E-state index contributed by atoms with van der Waals surface area (Å²) < 4.78 is 40.1. The molecule has 654 valence electrons. The fourth-order valence-corrected chi connectivity index (χ4v) is 18.4. The van der Waals surface area contributed by atoms with Gasteiger partial charge in [-0.25, -0.2) is 33.7 Å². The Morgan fingerprint density at radius 2 is 0.722 bits per heavy atom. The van der Waals surface area contributed by atoms with Crippen LogP contribution < -0.4 is 0 Å². The molecule has 8 aliphatic rings. The van der Waals surface area contributed by atoms with Crippen molar-refractivity contribution in [2.45, 2.75) is 475 Å². The summed E-state index contributed by atoms with van der Waals surface area (Å²) in [5.74, 6) is 0. The van der Waals surface area contributed by atoms with Crippen molar-refractivity contribution in [3.63, 3.8) is 0 Å². The van der Waals surface area contributed by atoms with Crippen LogP contribution in [-0.2, 0) is 50.0 Å². The van der Waals surface area contributed by atoms with E-state index in [0.717, 1.165) is 99.5 Å².